The molecule has 8 fully saturated rings. The number of hydrogen-bond donors (Lipinski definition) is 11. The summed E-state index contributed by atoms with van der Waals surface area (Å²) in [5.41, 5.74) is 17.9. The number of carbonyl (C=O) groups excluding carboxylic acids is 7. The quantitative estimate of drug-likeness (QED) is 0.0479. The van der Waals surface area contributed by atoms with E-state index < -0.39 is 108 Å². The number of hydrogen-bond acceptors (Lipinski definition) is 27. The predicted molar refractivity (Wildman–Crippen MR) is 461 cm³/mol. The van der Waals surface area contributed by atoms with Crippen LogP contribution in [0.4, 0.5) is 99.0 Å². The van der Waals surface area contributed by atoms with Crippen molar-refractivity contribution in [2.45, 2.75) is 173 Å². The number of alkyl halides is 12. The molecule has 36 nitrogen and oxygen atoms in total. The molecule has 17 rings (SSSR count). The van der Waals surface area contributed by atoms with Crippen LogP contribution in [0.25, 0.3) is 0 Å². The number of ether oxygens (including phenoxy) is 2. The molecule has 8 aliphatic heterocycles. The summed E-state index contributed by atoms with van der Waals surface area (Å²) >= 11 is 6.26. The van der Waals surface area contributed by atoms with E-state index >= 15 is 0 Å². The van der Waals surface area contributed by atoms with Gasteiger partial charge in [0.05, 0.1) is 59.8 Å². The van der Waals surface area contributed by atoms with Crippen LogP contribution in [0.15, 0.2) is 77.7 Å². The van der Waals surface area contributed by atoms with Gasteiger partial charge in [0, 0.05) is 125 Å². The van der Waals surface area contributed by atoms with Crippen molar-refractivity contribution in [3.8, 4) is 0 Å². The van der Waals surface area contributed by atoms with Crippen LogP contribution in [0.5, 0.6) is 0 Å². The fourth-order valence-corrected chi connectivity index (χ4v) is 18.1. The van der Waals surface area contributed by atoms with E-state index in [2.05, 4.69) is 104 Å². The number of piperidine rings is 4. The topological polar surface area (TPSA) is 497 Å². The second-order valence-corrected chi connectivity index (χ2v) is 35.6. The minimum atomic E-state index is -4.32. The maximum atomic E-state index is 13.6. The molecule has 133 heavy (non-hydrogen) atoms. The van der Waals surface area contributed by atoms with Crippen molar-refractivity contribution in [3.63, 3.8) is 0 Å². The predicted octanol–water partition coefficient (Wildman–Crippen LogP) is 5.82. The second kappa shape index (κ2) is 42.1. The summed E-state index contributed by atoms with van der Waals surface area (Å²) in [5, 5.41) is 20.1. The number of anilines is 8. The molecule has 6 amide bonds. The zero-order valence-corrected chi connectivity index (χ0v) is 79.7. The zero-order chi connectivity index (χ0) is 95.7. The molecule has 0 radical (unpaired) electrons. The standard InChI is InChI=1S/C23H26F3N7O3.C19H22F3N7O2.C15H16BrF3N2O2.C9H14F3NO2.C9H12N4O.C7H7BrN2O2.K.H2O/c1-12-9-15(29-17-13(2)18(28-11-27-17)30-19(34)14-3-4-14)21(36)33-16(12)20(35)31-22(33)5-7-32(8-6-22)10-23(24,25)26;1-10-7-12(26-15-11(2)14(23)24-9-25-15)17(31)29-13(10)16(30)27-18(29)3-5-28(6-4-18)8-19(20,21)22;1-8-6-9(16)12(22)11-10(8)13(23)20-14(11)2-4-21(5-3-14)7-15(17,18)19;10-9(11,12)7-13-3-1-8(2-4-13)14-5-6-15-8;1-5-7(10)11-4-12-8(5)13-9(14)6-2-3-6;1-3-2-4(8)7(12)10-5(3)6(9)11;;/h9,11,14H,3-8,10H2,1-2H3,(H,31,35)(H2,27,28,29,30,34);7,9H,3-6,8H2,1-2H3,(H,27,30)(H3,23,24,25,26);6,11H,2-5,7H2,1H3,(H,20,23);1-7H2;4,6H,2-3H2,1H3,(H3,10,11,12,13,14);2H,1H3,(H2,9,11)(H,10,12);;1H2/q;;;;;;+1;/p-1. The first-order valence-electron chi connectivity index (χ1n) is 41.7. The number of ketones is 1. The molecule has 15 N–H and O–H groups in total. The van der Waals surface area contributed by atoms with E-state index in [1.165, 1.54) is 47.7 Å². The fourth-order valence-electron chi connectivity index (χ4n) is 17.1. The van der Waals surface area contributed by atoms with Crippen LogP contribution < -0.4 is 122 Å². The summed E-state index contributed by atoms with van der Waals surface area (Å²) in [4.78, 5) is 154. The van der Waals surface area contributed by atoms with Crippen LogP contribution in [-0.2, 0) is 40.0 Å². The Balaban J connectivity index is 0.000000172. The van der Waals surface area contributed by atoms with Gasteiger partial charge in [0.25, 0.3) is 34.4 Å². The molecule has 718 valence electrons. The van der Waals surface area contributed by atoms with Crippen molar-refractivity contribution in [3.05, 3.63) is 145 Å². The monoisotopic (exact) mass is 2040 g/mol. The van der Waals surface area contributed by atoms with E-state index in [0.29, 0.717) is 123 Å². The third-order valence-electron chi connectivity index (χ3n) is 24.3. The smallest absolute Gasteiger partial charge is 0.870 e. The third kappa shape index (κ3) is 25.5. The normalized spacial score (nSPS) is 19.9. The number of rotatable bonds is 13. The Morgan fingerprint density at radius 2 is 0.857 bits per heavy atom. The van der Waals surface area contributed by atoms with E-state index in [9.17, 15) is 101 Å². The van der Waals surface area contributed by atoms with Crippen LogP contribution >= 0.6 is 31.9 Å². The molecule has 6 saturated heterocycles. The number of likely N-dealkylation sites (tertiary alicyclic amines) is 4. The number of aromatic amines is 1. The van der Waals surface area contributed by atoms with Crippen molar-refractivity contribution in [2.24, 2.45) is 23.5 Å². The number of H-pyrrole nitrogens is 1. The van der Waals surface area contributed by atoms with Crippen LogP contribution in [0.3, 0.4) is 0 Å². The fraction of sp³-hybridized carbons (Fsp3) is 0.537. The number of Topliss-reactive ketones (excluding diaryl/α,β-unsaturated/α-hetero) is 1. The Kier molecular flexibility index (Phi) is 33.5. The van der Waals surface area contributed by atoms with E-state index in [4.69, 9.17) is 26.7 Å². The van der Waals surface area contributed by atoms with Gasteiger partial charge in [0.2, 0.25) is 17.7 Å². The largest absolute Gasteiger partial charge is 1.00 e. The van der Waals surface area contributed by atoms with Gasteiger partial charge < -0.3 is 74.4 Å². The minimum Gasteiger partial charge on any atom is -0.870 e. The molecule has 6 aromatic rings. The van der Waals surface area contributed by atoms with Crippen molar-refractivity contribution in [2.75, 3.05) is 124 Å². The molecule has 3 aliphatic carbocycles. The molecule has 1 atom stereocenters. The maximum absolute atomic E-state index is 13.6. The molecule has 1 unspecified atom stereocenters. The number of amides is 6. The first-order chi connectivity index (χ1) is 61.3. The number of fused-ring (bicyclic) bond motifs is 6. The van der Waals surface area contributed by atoms with Crippen LogP contribution in [0.1, 0.15) is 149 Å². The zero-order valence-electron chi connectivity index (χ0n) is 73.4. The maximum Gasteiger partial charge on any atom is 1.00 e. The van der Waals surface area contributed by atoms with Crippen LogP contribution in [-0.4, -0.2) is 238 Å². The molecule has 0 bridgehead atoms. The molecule has 6 aromatic heterocycles. The summed E-state index contributed by atoms with van der Waals surface area (Å²) in [6, 6.07) is 4.66. The van der Waals surface area contributed by atoms with Crippen molar-refractivity contribution in [1.82, 2.24) is 79.6 Å². The molecule has 0 aromatic carbocycles. The van der Waals surface area contributed by atoms with Gasteiger partial charge in [0.15, 0.2) is 11.6 Å². The summed E-state index contributed by atoms with van der Waals surface area (Å²) in [5.74, 6) is -0.808. The molecule has 2 saturated carbocycles. The van der Waals surface area contributed by atoms with Gasteiger partial charge in [-0.15, -0.1) is 0 Å². The number of allylic oxidation sites excluding steroid dienone is 3. The van der Waals surface area contributed by atoms with Gasteiger partial charge in [-0.05, 0) is 165 Å². The Morgan fingerprint density at radius 3 is 1.25 bits per heavy atom. The summed E-state index contributed by atoms with van der Waals surface area (Å²) in [7, 11) is 0. The molecular weight excluding hydrogens is 1940 g/mol. The Hall–Kier alpha value is -9.26. The number of halogens is 14. The molecule has 14 heterocycles. The number of aryl methyl sites for hydroxylation is 3. The first kappa shape index (κ1) is 106. The summed E-state index contributed by atoms with van der Waals surface area (Å²) in [6.45, 7) is 10.9. The number of carbonyl (C=O) groups is 7. The van der Waals surface area contributed by atoms with E-state index in [1.54, 1.807) is 72.7 Å². The van der Waals surface area contributed by atoms with Crippen molar-refractivity contribution in [1.29, 1.82) is 0 Å². The van der Waals surface area contributed by atoms with Gasteiger partial charge >= 0.3 is 76.1 Å². The number of aromatic nitrogens is 9. The van der Waals surface area contributed by atoms with E-state index in [1.807, 2.05) is 0 Å². The number of pyridine rings is 3. The van der Waals surface area contributed by atoms with Crippen LogP contribution in [0.2, 0.25) is 0 Å². The van der Waals surface area contributed by atoms with Gasteiger partial charge in [-0.3, -0.25) is 76.7 Å². The SMILES string of the molecule is CC1=C2C(=O)NC3(CCN(CC(F)(F)F)CC3)C2C(=O)C(Br)=C1.Cc1c(N)ncnc1NC(=O)C1CC1.Cc1cc(Br)c(=O)[nH]c1C(N)=O.Cc1cc(Nc2ncnc(N)c2C)c(=O)n2c1C(=O)NC21CCN(CC(F)(F)F)CC1.Cc1cc(Nc2ncnc(NC(=O)C3CC3)c2C)c(=O)n2c1C(=O)NC21CCN(CC(F)(F)F)CC1.FC(F)(F)CN1CCC2(CC1)OCCO2.[K+].[OH-]. The van der Waals surface area contributed by atoms with E-state index in [-0.39, 0.29) is 197 Å². The van der Waals surface area contributed by atoms with Gasteiger partial charge in [-0.25, -0.2) is 29.9 Å². The van der Waals surface area contributed by atoms with Crippen molar-refractivity contribution < 1.29 is 153 Å². The number of nitrogen functional groups attached to an aromatic ring is 2. The number of nitrogens with two attached hydrogens (primary N) is 3. The molecular formula is C82H98Br2F12KN23O13. The number of nitrogens with zero attached hydrogens (tertiary/aromatic N) is 12. The summed E-state index contributed by atoms with van der Waals surface area (Å²) in [6.07, 6.45) is -5.38. The molecule has 51 heteroatoms. The second-order valence-electron chi connectivity index (χ2n) is 33.9. The van der Waals surface area contributed by atoms with Crippen LogP contribution in [0, 0.1) is 59.3 Å². The Morgan fingerprint density at radius 1 is 0.496 bits per heavy atom. The Bertz CT molecular complexity index is 5670. The third-order valence-corrected chi connectivity index (χ3v) is 25.5. The van der Waals surface area contributed by atoms with E-state index in [0.717, 1.165) is 36.8 Å². The number of primary amides is 1. The average Bonchev–Trinajstić information content (AvgIpc) is 1.59. The Labute approximate surface area is 811 Å². The average molecular weight is 2040 g/mol. The molecule has 4 spiro atoms. The van der Waals surface area contributed by atoms with Gasteiger partial charge in [0.1, 0.15) is 93.7 Å². The summed E-state index contributed by atoms with van der Waals surface area (Å²) < 4.78 is 165. The first-order valence-corrected chi connectivity index (χ1v) is 43.3. The number of nitrogens with one attached hydrogen (secondary N) is 8. The minimum absolute atomic E-state index is 0. The van der Waals surface area contributed by atoms with Crippen molar-refractivity contribution >= 4 is 119 Å². The van der Waals surface area contributed by atoms with Gasteiger partial charge in [-0.1, -0.05) is 0 Å². The molecule has 11 aliphatic rings. The van der Waals surface area contributed by atoms with Gasteiger partial charge in [-0.2, -0.15) is 52.7 Å².